The molecule has 5 nitrogen and oxygen atoms in total. The molecule has 0 aromatic heterocycles. The van der Waals surface area contributed by atoms with Crippen LogP contribution in [0.15, 0.2) is 100 Å². The summed E-state index contributed by atoms with van der Waals surface area (Å²) in [4.78, 5) is 33.6. The fraction of sp³-hybridized carbons (Fsp3) is 0.214. The highest BCUT2D eigenvalue weighted by atomic mass is 32.2. The zero-order chi connectivity index (χ0) is 23.5. The minimum absolute atomic E-state index is 0.225. The minimum atomic E-state index is -0.240. The molecule has 3 aromatic carbocycles. The molecule has 0 spiro atoms. The van der Waals surface area contributed by atoms with Crippen LogP contribution in [0.5, 0.6) is 0 Å². The molecule has 0 aliphatic carbocycles. The second-order valence-corrected chi connectivity index (χ2v) is 9.86. The van der Waals surface area contributed by atoms with E-state index in [2.05, 4.69) is 29.2 Å². The number of quaternary nitrogens is 1. The first-order chi connectivity index (χ1) is 16.6. The number of rotatable bonds is 6. The summed E-state index contributed by atoms with van der Waals surface area (Å²) in [6, 6.07) is 27.8. The summed E-state index contributed by atoms with van der Waals surface area (Å²) in [6.07, 6.45) is 0. The lowest BCUT2D eigenvalue weighted by Gasteiger charge is -2.34. The van der Waals surface area contributed by atoms with E-state index in [1.807, 2.05) is 67.6 Å². The van der Waals surface area contributed by atoms with Crippen molar-refractivity contribution in [1.82, 2.24) is 4.90 Å². The van der Waals surface area contributed by atoms with Crippen LogP contribution < -0.4 is 9.80 Å². The molecule has 2 aliphatic rings. The van der Waals surface area contributed by atoms with Gasteiger partial charge in [0.25, 0.3) is 11.8 Å². The Kier molecular flexibility index (Phi) is 6.52. The van der Waals surface area contributed by atoms with Gasteiger partial charge in [0.2, 0.25) is 0 Å². The third-order valence-electron chi connectivity index (χ3n) is 6.36. The summed E-state index contributed by atoms with van der Waals surface area (Å²) < 4.78 is 0. The van der Waals surface area contributed by atoms with Gasteiger partial charge in [-0.2, -0.15) is 0 Å². The summed E-state index contributed by atoms with van der Waals surface area (Å²) in [5.41, 5.74) is 3.64. The molecule has 2 heterocycles. The Morgan fingerprint density at radius 3 is 2.06 bits per heavy atom. The molecule has 1 saturated heterocycles. The van der Waals surface area contributed by atoms with Crippen molar-refractivity contribution in [1.29, 1.82) is 0 Å². The Hall–Kier alpha value is -3.35. The number of nitrogens with one attached hydrogen (secondary N) is 1. The van der Waals surface area contributed by atoms with Crippen molar-refractivity contribution in [2.24, 2.45) is 0 Å². The molecule has 5 rings (SSSR count). The maximum absolute atomic E-state index is 13.6. The van der Waals surface area contributed by atoms with Gasteiger partial charge in [0.05, 0.1) is 31.9 Å². The molecule has 3 aromatic rings. The van der Waals surface area contributed by atoms with Crippen molar-refractivity contribution in [3.8, 4) is 0 Å². The first-order valence-corrected chi connectivity index (χ1v) is 12.5. The van der Waals surface area contributed by atoms with Gasteiger partial charge in [-0.1, -0.05) is 78.0 Å². The van der Waals surface area contributed by atoms with Crippen LogP contribution in [0.2, 0.25) is 0 Å². The summed E-state index contributed by atoms with van der Waals surface area (Å²) in [5, 5.41) is 0. The Morgan fingerprint density at radius 1 is 0.794 bits per heavy atom. The summed E-state index contributed by atoms with van der Waals surface area (Å²) in [7, 11) is 0. The van der Waals surface area contributed by atoms with E-state index in [4.69, 9.17) is 0 Å². The number of para-hydroxylation sites is 1. The second-order valence-electron chi connectivity index (χ2n) is 8.77. The van der Waals surface area contributed by atoms with E-state index in [0.29, 0.717) is 16.3 Å². The number of aryl methyl sites for hydroxylation is 1. The maximum atomic E-state index is 13.6. The molecular weight excluding hydrogens is 442 g/mol. The molecule has 6 heteroatoms. The third-order valence-corrected chi connectivity index (χ3v) is 7.44. The highest BCUT2D eigenvalue weighted by molar-refractivity contribution is 8.04. The van der Waals surface area contributed by atoms with Crippen LogP contribution in [0.3, 0.4) is 0 Å². The monoisotopic (exact) mass is 470 g/mol. The van der Waals surface area contributed by atoms with E-state index in [9.17, 15) is 9.59 Å². The largest absolute Gasteiger partial charge is 0.355 e. The smallest absolute Gasteiger partial charge is 0.283 e. The molecule has 2 aliphatic heterocycles. The molecule has 0 radical (unpaired) electrons. The van der Waals surface area contributed by atoms with Crippen LogP contribution in [-0.4, -0.2) is 42.9 Å². The normalized spacial score (nSPS) is 17.1. The number of anilines is 1. The van der Waals surface area contributed by atoms with Gasteiger partial charge in [-0.15, -0.1) is 0 Å². The van der Waals surface area contributed by atoms with Gasteiger partial charge in [-0.05, 0) is 31.2 Å². The van der Waals surface area contributed by atoms with Crippen molar-refractivity contribution >= 4 is 29.3 Å². The van der Waals surface area contributed by atoms with Crippen LogP contribution in [0.4, 0.5) is 5.69 Å². The molecule has 0 unspecified atom stereocenters. The fourth-order valence-electron chi connectivity index (χ4n) is 4.51. The Labute approximate surface area is 204 Å². The zero-order valence-electron chi connectivity index (χ0n) is 19.2. The van der Waals surface area contributed by atoms with Crippen LogP contribution in [0, 0.1) is 6.92 Å². The van der Waals surface area contributed by atoms with Gasteiger partial charge in [-0.25, -0.2) is 4.90 Å². The van der Waals surface area contributed by atoms with E-state index in [-0.39, 0.29) is 11.8 Å². The molecular formula is C28H28N3O2S+. The average Bonchev–Trinajstić information content (AvgIpc) is 3.11. The van der Waals surface area contributed by atoms with Gasteiger partial charge in [0.1, 0.15) is 17.1 Å². The number of piperazine rings is 1. The number of imide groups is 1. The van der Waals surface area contributed by atoms with Gasteiger partial charge in [0, 0.05) is 10.5 Å². The van der Waals surface area contributed by atoms with E-state index in [1.54, 1.807) is 0 Å². The fourth-order valence-corrected chi connectivity index (χ4v) is 5.51. The van der Waals surface area contributed by atoms with Crippen LogP contribution in [-0.2, 0) is 16.1 Å². The predicted octanol–water partition coefficient (Wildman–Crippen LogP) is 3.27. The topological polar surface area (TPSA) is 45.1 Å². The van der Waals surface area contributed by atoms with Gasteiger partial charge in [-0.3, -0.25) is 9.59 Å². The lowest BCUT2D eigenvalue weighted by Crippen LogP contribution is -3.13. The molecule has 0 saturated carbocycles. The number of nitrogens with zero attached hydrogens (tertiary/aromatic N) is 2. The van der Waals surface area contributed by atoms with Crippen LogP contribution >= 0.6 is 11.8 Å². The van der Waals surface area contributed by atoms with E-state index in [0.717, 1.165) is 43.2 Å². The Morgan fingerprint density at radius 2 is 1.41 bits per heavy atom. The number of hydrogen-bond donors (Lipinski definition) is 1. The van der Waals surface area contributed by atoms with Crippen molar-refractivity contribution in [2.45, 2.75) is 18.4 Å². The first-order valence-electron chi connectivity index (χ1n) is 11.7. The number of hydrogen-bond acceptors (Lipinski definition) is 4. The number of thioether (sulfide) groups is 1. The van der Waals surface area contributed by atoms with E-state index >= 15 is 0 Å². The number of carbonyl (C=O) groups is 2. The SMILES string of the molecule is Cc1ccc(SC2=C(N3CC[NH+](Cc4ccccc4)CC3)C(=O)N(c3ccccc3)C2=O)cc1. The van der Waals surface area contributed by atoms with Crippen LogP contribution in [0.25, 0.3) is 0 Å². The lowest BCUT2D eigenvalue weighted by atomic mass is 10.2. The highest BCUT2D eigenvalue weighted by Crippen LogP contribution is 2.38. The van der Waals surface area contributed by atoms with Gasteiger partial charge < -0.3 is 9.80 Å². The van der Waals surface area contributed by atoms with Crippen molar-refractivity contribution < 1.29 is 14.5 Å². The van der Waals surface area contributed by atoms with Crippen molar-refractivity contribution in [3.63, 3.8) is 0 Å². The maximum Gasteiger partial charge on any atom is 0.283 e. The molecule has 0 atom stereocenters. The summed E-state index contributed by atoms with van der Waals surface area (Å²) in [5.74, 6) is -0.465. The molecule has 34 heavy (non-hydrogen) atoms. The molecule has 1 fully saturated rings. The van der Waals surface area contributed by atoms with E-state index < -0.39 is 0 Å². The quantitative estimate of drug-likeness (QED) is 0.562. The summed E-state index contributed by atoms with van der Waals surface area (Å²) in [6.45, 7) is 6.36. The van der Waals surface area contributed by atoms with Crippen LogP contribution in [0.1, 0.15) is 11.1 Å². The van der Waals surface area contributed by atoms with Gasteiger partial charge in [0.15, 0.2) is 0 Å². The Bertz CT molecular complexity index is 1200. The molecule has 2 amide bonds. The van der Waals surface area contributed by atoms with Crippen molar-refractivity contribution in [2.75, 3.05) is 31.1 Å². The standard InChI is InChI=1S/C28H27N3O2S/c1-21-12-14-24(15-13-21)34-26-25(27(32)31(28(26)33)23-10-6-3-7-11-23)30-18-16-29(17-19-30)20-22-8-4-2-5-9-22/h2-15H,16-20H2,1H3/p+1. The summed E-state index contributed by atoms with van der Waals surface area (Å²) >= 11 is 1.39. The van der Waals surface area contributed by atoms with Crippen molar-refractivity contribution in [3.05, 3.63) is 107 Å². The second kappa shape index (κ2) is 9.87. The zero-order valence-corrected chi connectivity index (χ0v) is 20.1. The predicted molar refractivity (Wildman–Crippen MR) is 135 cm³/mol. The molecule has 1 N–H and O–H groups in total. The third kappa shape index (κ3) is 4.65. The number of amides is 2. The first kappa shape index (κ1) is 22.4. The average molecular weight is 471 g/mol. The number of benzene rings is 3. The number of carbonyl (C=O) groups excluding carboxylic acids is 2. The minimum Gasteiger partial charge on any atom is -0.355 e. The Balaban J connectivity index is 1.40. The molecule has 0 bridgehead atoms. The van der Waals surface area contributed by atoms with Gasteiger partial charge >= 0.3 is 0 Å². The highest BCUT2D eigenvalue weighted by Gasteiger charge is 2.43. The van der Waals surface area contributed by atoms with E-state index in [1.165, 1.54) is 27.1 Å². The lowest BCUT2D eigenvalue weighted by molar-refractivity contribution is -0.917. The molecule has 172 valence electrons.